The molecule has 4 rings (SSSR count). The van der Waals surface area contributed by atoms with Crippen LogP contribution in [0.2, 0.25) is 0 Å². The van der Waals surface area contributed by atoms with Gasteiger partial charge in [-0.15, -0.1) is 0 Å². The molecule has 0 spiro atoms. The first-order valence-corrected chi connectivity index (χ1v) is 9.39. The van der Waals surface area contributed by atoms with Crippen molar-refractivity contribution < 1.29 is 14.0 Å². The molecule has 3 aromatic carbocycles. The van der Waals surface area contributed by atoms with E-state index in [0.717, 1.165) is 11.1 Å². The molecule has 3 N–H and O–H groups in total. The second-order valence-electron chi connectivity index (χ2n) is 6.69. The molecule has 0 bridgehead atoms. The summed E-state index contributed by atoms with van der Waals surface area (Å²) in [6.07, 6.45) is 1.65. The Balaban J connectivity index is 1.55. The number of nitrogens with one attached hydrogen (secondary N) is 1. The smallest absolute Gasteiger partial charge is 0.252 e. The van der Waals surface area contributed by atoms with Gasteiger partial charge >= 0.3 is 0 Å². The average molecular weight is 397 g/mol. The summed E-state index contributed by atoms with van der Waals surface area (Å²) in [7, 11) is 0. The van der Waals surface area contributed by atoms with E-state index in [-0.39, 0.29) is 12.5 Å². The van der Waals surface area contributed by atoms with Gasteiger partial charge in [-0.05, 0) is 29.8 Å². The molecule has 30 heavy (non-hydrogen) atoms. The SMILES string of the molecule is NC(=O)c1cccc(CNC(=O)c2ccccc2-c2ncc(-c3ccccc3)o2)c1. The van der Waals surface area contributed by atoms with Gasteiger partial charge in [0.2, 0.25) is 11.8 Å². The van der Waals surface area contributed by atoms with Crippen LogP contribution in [0, 0.1) is 0 Å². The Kier molecular flexibility index (Phi) is 5.39. The summed E-state index contributed by atoms with van der Waals surface area (Å²) in [5.41, 5.74) is 8.45. The van der Waals surface area contributed by atoms with E-state index < -0.39 is 5.91 Å². The summed E-state index contributed by atoms with van der Waals surface area (Å²) >= 11 is 0. The largest absolute Gasteiger partial charge is 0.436 e. The highest BCUT2D eigenvalue weighted by molar-refractivity contribution is 6.00. The Bertz CT molecular complexity index is 1200. The number of oxazole rings is 1. The number of carbonyl (C=O) groups is 2. The van der Waals surface area contributed by atoms with Crippen LogP contribution in [0.5, 0.6) is 0 Å². The van der Waals surface area contributed by atoms with Gasteiger partial charge in [-0.3, -0.25) is 9.59 Å². The van der Waals surface area contributed by atoms with Crippen molar-refractivity contribution in [3.05, 3.63) is 102 Å². The number of hydrogen-bond donors (Lipinski definition) is 2. The van der Waals surface area contributed by atoms with Crippen molar-refractivity contribution in [2.75, 3.05) is 0 Å². The van der Waals surface area contributed by atoms with Crippen molar-refractivity contribution in [1.29, 1.82) is 0 Å². The molecule has 0 unspecified atom stereocenters. The highest BCUT2D eigenvalue weighted by Crippen LogP contribution is 2.28. The van der Waals surface area contributed by atoms with Crippen LogP contribution < -0.4 is 11.1 Å². The van der Waals surface area contributed by atoms with Crippen LogP contribution >= 0.6 is 0 Å². The van der Waals surface area contributed by atoms with Gasteiger partial charge in [-0.2, -0.15) is 0 Å². The second kappa shape index (κ2) is 8.45. The quantitative estimate of drug-likeness (QED) is 0.513. The summed E-state index contributed by atoms with van der Waals surface area (Å²) in [4.78, 5) is 28.5. The molecule has 0 aliphatic rings. The fourth-order valence-electron chi connectivity index (χ4n) is 3.11. The third-order valence-corrected chi connectivity index (χ3v) is 4.63. The molecule has 2 amide bonds. The minimum Gasteiger partial charge on any atom is -0.436 e. The lowest BCUT2D eigenvalue weighted by Gasteiger charge is -2.09. The molecular formula is C24H19N3O3. The number of benzene rings is 3. The zero-order valence-electron chi connectivity index (χ0n) is 16.0. The molecule has 148 valence electrons. The molecule has 0 aliphatic carbocycles. The van der Waals surface area contributed by atoms with Crippen LogP contribution in [0.3, 0.4) is 0 Å². The lowest BCUT2D eigenvalue weighted by atomic mass is 10.1. The van der Waals surface area contributed by atoms with E-state index >= 15 is 0 Å². The predicted molar refractivity (Wildman–Crippen MR) is 114 cm³/mol. The third-order valence-electron chi connectivity index (χ3n) is 4.63. The van der Waals surface area contributed by atoms with Gasteiger partial charge < -0.3 is 15.5 Å². The maximum Gasteiger partial charge on any atom is 0.252 e. The molecule has 0 aliphatic heterocycles. The number of amides is 2. The molecule has 0 saturated heterocycles. The Hall–Kier alpha value is -4.19. The van der Waals surface area contributed by atoms with Crippen molar-refractivity contribution in [1.82, 2.24) is 10.3 Å². The summed E-state index contributed by atoms with van der Waals surface area (Å²) in [6, 6.07) is 23.6. The number of primary amides is 1. The Morgan fingerprint density at radius 2 is 1.70 bits per heavy atom. The summed E-state index contributed by atoms with van der Waals surface area (Å²) in [5, 5.41) is 2.87. The minimum atomic E-state index is -0.508. The molecule has 6 nitrogen and oxygen atoms in total. The molecule has 6 heteroatoms. The molecule has 4 aromatic rings. The molecule has 1 aromatic heterocycles. The van der Waals surface area contributed by atoms with E-state index in [1.54, 1.807) is 42.6 Å². The van der Waals surface area contributed by atoms with E-state index in [4.69, 9.17) is 10.2 Å². The lowest BCUT2D eigenvalue weighted by Crippen LogP contribution is -2.23. The standard InChI is InChI=1S/C24H19N3O3/c25-22(28)18-10-6-7-16(13-18)14-26-23(29)19-11-4-5-12-20(19)24-27-15-21(30-24)17-8-2-1-3-9-17/h1-13,15H,14H2,(H2,25,28)(H,26,29). The van der Waals surface area contributed by atoms with E-state index in [9.17, 15) is 9.59 Å². The topological polar surface area (TPSA) is 98.2 Å². The number of nitrogens with two attached hydrogens (primary N) is 1. The van der Waals surface area contributed by atoms with Crippen molar-refractivity contribution >= 4 is 11.8 Å². The van der Waals surface area contributed by atoms with Crippen LogP contribution in [0.15, 0.2) is 89.5 Å². The van der Waals surface area contributed by atoms with Gasteiger partial charge in [-0.1, -0.05) is 54.6 Å². The molecule has 1 heterocycles. The predicted octanol–water partition coefficient (Wildman–Crippen LogP) is 4.04. The maximum absolute atomic E-state index is 12.8. The normalized spacial score (nSPS) is 10.5. The second-order valence-corrected chi connectivity index (χ2v) is 6.69. The first kappa shape index (κ1) is 19.1. The molecule has 0 fully saturated rings. The summed E-state index contributed by atoms with van der Waals surface area (Å²) < 4.78 is 5.91. The monoisotopic (exact) mass is 397 g/mol. The van der Waals surface area contributed by atoms with Crippen LogP contribution in [0.4, 0.5) is 0 Å². The van der Waals surface area contributed by atoms with Gasteiger partial charge in [0.1, 0.15) is 0 Å². The Labute approximate surface area is 173 Å². The Morgan fingerprint density at radius 3 is 2.50 bits per heavy atom. The highest BCUT2D eigenvalue weighted by Gasteiger charge is 2.17. The van der Waals surface area contributed by atoms with Crippen molar-refractivity contribution in [2.24, 2.45) is 5.73 Å². The molecule has 0 radical (unpaired) electrons. The summed E-state index contributed by atoms with van der Waals surface area (Å²) in [5.74, 6) is 0.223. The van der Waals surface area contributed by atoms with E-state index in [1.165, 1.54) is 0 Å². The highest BCUT2D eigenvalue weighted by atomic mass is 16.4. The van der Waals surface area contributed by atoms with Crippen LogP contribution in [0.1, 0.15) is 26.3 Å². The molecule has 0 atom stereocenters. The number of rotatable bonds is 6. The van der Waals surface area contributed by atoms with Crippen LogP contribution in [0.25, 0.3) is 22.8 Å². The van der Waals surface area contributed by atoms with Gasteiger partial charge in [0.15, 0.2) is 5.76 Å². The van der Waals surface area contributed by atoms with Gasteiger partial charge in [-0.25, -0.2) is 4.98 Å². The molecular weight excluding hydrogens is 378 g/mol. The van der Waals surface area contributed by atoms with Gasteiger partial charge in [0, 0.05) is 23.2 Å². The van der Waals surface area contributed by atoms with Crippen molar-refractivity contribution in [3.63, 3.8) is 0 Å². The number of carbonyl (C=O) groups excluding carboxylic acids is 2. The zero-order chi connectivity index (χ0) is 20.9. The number of nitrogens with zero attached hydrogens (tertiary/aromatic N) is 1. The van der Waals surface area contributed by atoms with E-state index in [1.807, 2.05) is 42.5 Å². The first-order valence-electron chi connectivity index (χ1n) is 9.39. The van der Waals surface area contributed by atoms with E-state index in [2.05, 4.69) is 10.3 Å². The van der Waals surface area contributed by atoms with Crippen LogP contribution in [-0.2, 0) is 6.54 Å². The first-order chi connectivity index (χ1) is 14.6. The minimum absolute atomic E-state index is 0.259. The Morgan fingerprint density at radius 1 is 0.933 bits per heavy atom. The van der Waals surface area contributed by atoms with E-state index in [0.29, 0.717) is 28.3 Å². The average Bonchev–Trinajstić information content (AvgIpc) is 3.28. The van der Waals surface area contributed by atoms with Crippen LogP contribution in [-0.4, -0.2) is 16.8 Å². The van der Waals surface area contributed by atoms with Gasteiger partial charge in [0.25, 0.3) is 5.91 Å². The number of hydrogen-bond acceptors (Lipinski definition) is 4. The molecule has 0 saturated carbocycles. The summed E-state index contributed by atoms with van der Waals surface area (Å²) in [6.45, 7) is 0.259. The fraction of sp³-hybridized carbons (Fsp3) is 0.0417. The third kappa shape index (κ3) is 4.12. The van der Waals surface area contributed by atoms with Crippen molar-refractivity contribution in [3.8, 4) is 22.8 Å². The zero-order valence-corrected chi connectivity index (χ0v) is 16.0. The lowest BCUT2D eigenvalue weighted by molar-refractivity contribution is 0.0950. The van der Waals surface area contributed by atoms with Gasteiger partial charge in [0.05, 0.1) is 11.8 Å². The number of aromatic nitrogens is 1. The van der Waals surface area contributed by atoms with Crippen molar-refractivity contribution in [2.45, 2.75) is 6.54 Å². The fourth-order valence-corrected chi connectivity index (χ4v) is 3.11. The maximum atomic E-state index is 12.8.